The molecule has 3 aromatic rings. The Kier molecular flexibility index (Phi) is 6.91. The zero-order valence-electron chi connectivity index (χ0n) is 15.9. The number of nitrogens with zero attached hydrogens (tertiary/aromatic N) is 3. The number of nitrogen functional groups attached to an aromatic ring is 1. The summed E-state index contributed by atoms with van der Waals surface area (Å²) in [6, 6.07) is 15.5. The molecule has 0 saturated carbocycles. The Morgan fingerprint density at radius 3 is 2.54 bits per heavy atom. The van der Waals surface area contributed by atoms with Gasteiger partial charge >= 0.3 is 0 Å². The molecular weight excluding hydrogens is 374 g/mol. The molecule has 0 aliphatic heterocycles. The Morgan fingerprint density at radius 1 is 1.00 bits per heavy atom. The molecule has 0 bridgehead atoms. The molecule has 0 unspecified atom stereocenters. The van der Waals surface area contributed by atoms with Crippen LogP contribution in [-0.4, -0.2) is 34.4 Å². The van der Waals surface area contributed by atoms with Crippen LogP contribution in [0.1, 0.15) is 11.4 Å². The van der Waals surface area contributed by atoms with Gasteiger partial charge in [0, 0.05) is 5.75 Å². The van der Waals surface area contributed by atoms with Gasteiger partial charge in [0.25, 0.3) is 0 Å². The maximum Gasteiger partial charge on any atom is 0.232 e. The van der Waals surface area contributed by atoms with Crippen LogP contribution in [0.5, 0.6) is 11.5 Å². The number of methoxy groups -OCH3 is 1. The highest BCUT2D eigenvalue weighted by molar-refractivity contribution is 7.98. The molecule has 146 valence electrons. The van der Waals surface area contributed by atoms with Crippen LogP contribution in [0, 0.1) is 6.92 Å². The molecule has 0 saturated heterocycles. The zero-order chi connectivity index (χ0) is 19.8. The highest BCUT2D eigenvalue weighted by atomic mass is 32.2. The predicted octanol–water partition coefficient (Wildman–Crippen LogP) is 3.83. The van der Waals surface area contributed by atoms with Crippen LogP contribution in [0.25, 0.3) is 0 Å². The van der Waals surface area contributed by atoms with Crippen molar-refractivity contribution in [2.45, 2.75) is 12.7 Å². The maximum absolute atomic E-state index is 5.84. The van der Waals surface area contributed by atoms with Gasteiger partial charge in [-0.15, -0.1) is 0 Å². The minimum absolute atomic E-state index is 0.180. The van der Waals surface area contributed by atoms with Crippen molar-refractivity contribution in [2.75, 3.05) is 30.5 Å². The molecule has 8 heteroatoms. The molecule has 3 N–H and O–H groups in total. The van der Waals surface area contributed by atoms with Crippen molar-refractivity contribution in [1.82, 2.24) is 15.0 Å². The molecule has 0 spiro atoms. The third-order valence-corrected chi connectivity index (χ3v) is 4.78. The Morgan fingerprint density at radius 2 is 1.75 bits per heavy atom. The molecule has 1 heterocycles. The number of benzene rings is 2. The van der Waals surface area contributed by atoms with Crippen LogP contribution in [-0.2, 0) is 5.75 Å². The summed E-state index contributed by atoms with van der Waals surface area (Å²) < 4.78 is 11.1. The second kappa shape index (κ2) is 9.80. The summed E-state index contributed by atoms with van der Waals surface area (Å²) in [6.45, 7) is 2.65. The van der Waals surface area contributed by atoms with Crippen molar-refractivity contribution in [3.05, 3.63) is 59.9 Å². The van der Waals surface area contributed by atoms with Gasteiger partial charge in [-0.1, -0.05) is 30.3 Å². The molecule has 0 radical (unpaired) electrons. The Balaban J connectivity index is 1.54. The zero-order valence-corrected chi connectivity index (χ0v) is 16.7. The molecule has 1 aromatic heterocycles. The number of nitrogens with two attached hydrogens (primary N) is 1. The molecule has 7 nitrogen and oxygen atoms in total. The number of aromatic nitrogens is 3. The number of aryl methyl sites for hydroxylation is 1. The number of hydrogen-bond acceptors (Lipinski definition) is 8. The quantitative estimate of drug-likeness (QED) is 0.526. The fourth-order valence-corrected chi connectivity index (χ4v) is 3.18. The normalized spacial score (nSPS) is 10.5. The van der Waals surface area contributed by atoms with Gasteiger partial charge in [0.2, 0.25) is 11.9 Å². The largest absolute Gasteiger partial charge is 0.495 e. The van der Waals surface area contributed by atoms with Gasteiger partial charge < -0.3 is 20.5 Å². The van der Waals surface area contributed by atoms with E-state index in [1.807, 2.05) is 55.5 Å². The summed E-state index contributed by atoms with van der Waals surface area (Å²) in [6.07, 6.45) is 0. The molecule has 0 atom stereocenters. The predicted molar refractivity (Wildman–Crippen MR) is 113 cm³/mol. The fraction of sp³-hybridized carbons (Fsp3) is 0.250. The third-order valence-electron chi connectivity index (χ3n) is 3.86. The summed E-state index contributed by atoms with van der Waals surface area (Å²) in [7, 11) is 1.61. The molecule has 28 heavy (non-hydrogen) atoms. The highest BCUT2D eigenvalue weighted by Gasteiger charge is 2.08. The van der Waals surface area contributed by atoms with E-state index in [4.69, 9.17) is 15.2 Å². The van der Waals surface area contributed by atoms with E-state index in [1.165, 1.54) is 0 Å². The van der Waals surface area contributed by atoms with Crippen molar-refractivity contribution < 1.29 is 9.47 Å². The molecular formula is C20H23N5O2S. The highest BCUT2D eigenvalue weighted by Crippen LogP contribution is 2.26. The minimum atomic E-state index is 0.180. The number of thioether (sulfide) groups is 1. The minimum Gasteiger partial charge on any atom is -0.495 e. The van der Waals surface area contributed by atoms with E-state index in [0.717, 1.165) is 22.8 Å². The van der Waals surface area contributed by atoms with Crippen LogP contribution in [0.4, 0.5) is 17.6 Å². The first-order valence-electron chi connectivity index (χ1n) is 8.82. The smallest absolute Gasteiger partial charge is 0.232 e. The van der Waals surface area contributed by atoms with Crippen LogP contribution in [0.3, 0.4) is 0 Å². The molecule has 0 fully saturated rings. The lowest BCUT2D eigenvalue weighted by Gasteiger charge is -2.11. The molecule has 2 aromatic carbocycles. The van der Waals surface area contributed by atoms with E-state index < -0.39 is 0 Å². The van der Waals surface area contributed by atoms with E-state index in [2.05, 4.69) is 20.3 Å². The van der Waals surface area contributed by atoms with Gasteiger partial charge in [-0.3, -0.25) is 0 Å². The molecule has 0 aliphatic carbocycles. The number of para-hydroxylation sites is 3. The summed E-state index contributed by atoms with van der Waals surface area (Å²) >= 11 is 1.68. The monoisotopic (exact) mass is 397 g/mol. The topological polar surface area (TPSA) is 95.2 Å². The lowest BCUT2D eigenvalue weighted by molar-refractivity contribution is 0.341. The summed E-state index contributed by atoms with van der Waals surface area (Å²) in [5.41, 5.74) is 7.73. The first-order chi connectivity index (χ1) is 13.7. The molecule has 3 rings (SSSR count). The molecule has 0 aliphatic rings. The van der Waals surface area contributed by atoms with E-state index in [-0.39, 0.29) is 5.95 Å². The maximum atomic E-state index is 5.84. The number of ether oxygens (including phenoxy) is 2. The Hall–Kier alpha value is -3.00. The van der Waals surface area contributed by atoms with Gasteiger partial charge in [-0.2, -0.15) is 26.7 Å². The average molecular weight is 398 g/mol. The van der Waals surface area contributed by atoms with Gasteiger partial charge in [0.15, 0.2) is 0 Å². The van der Waals surface area contributed by atoms with Crippen LogP contribution >= 0.6 is 11.8 Å². The summed E-state index contributed by atoms with van der Waals surface area (Å²) in [5, 5.41) is 3.13. The van der Waals surface area contributed by atoms with E-state index in [1.54, 1.807) is 18.9 Å². The van der Waals surface area contributed by atoms with E-state index >= 15 is 0 Å². The lowest BCUT2D eigenvalue weighted by atomic mass is 10.2. The first kappa shape index (κ1) is 19.8. The van der Waals surface area contributed by atoms with Crippen molar-refractivity contribution in [1.29, 1.82) is 0 Å². The number of anilines is 3. The van der Waals surface area contributed by atoms with Crippen molar-refractivity contribution in [2.24, 2.45) is 0 Å². The summed E-state index contributed by atoms with van der Waals surface area (Å²) in [5.74, 6) is 4.23. The standard InChI is InChI=1S/C20H23N5O2S/c1-14-7-3-5-9-16(14)27-11-12-28-13-18-23-19(21)25-20(24-18)22-15-8-4-6-10-17(15)26-2/h3-10H,11-13H2,1-2H3,(H3,21,22,23,24,25). The molecule has 0 amide bonds. The van der Waals surface area contributed by atoms with Crippen molar-refractivity contribution >= 4 is 29.3 Å². The lowest BCUT2D eigenvalue weighted by Crippen LogP contribution is -2.08. The van der Waals surface area contributed by atoms with Gasteiger partial charge in [0.1, 0.15) is 17.3 Å². The van der Waals surface area contributed by atoms with Crippen molar-refractivity contribution in [3.8, 4) is 11.5 Å². The SMILES string of the molecule is COc1ccccc1Nc1nc(N)nc(CSCCOc2ccccc2C)n1. The van der Waals surface area contributed by atoms with Gasteiger partial charge in [-0.05, 0) is 30.7 Å². The summed E-state index contributed by atoms with van der Waals surface area (Å²) in [4.78, 5) is 12.8. The van der Waals surface area contributed by atoms with Crippen molar-refractivity contribution in [3.63, 3.8) is 0 Å². The Labute approximate surface area is 168 Å². The van der Waals surface area contributed by atoms with E-state index in [0.29, 0.717) is 29.9 Å². The second-order valence-electron chi connectivity index (χ2n) is 5.93. The first-order valence-corrected chi connectivity index (χ1v) is 9.98. The van der Waals surface area contributed by atoms with Crippen LogP contribution < -0.4 is 20.5 Å². The fourth-order valence-electron chi connectivity index (χ4n) is 2.52. The number of nitrogens with one attached hydrogen (secondary N) is 1. The van der Waals surface area contributed by atoms with Crippen LogP contribution in [0.2, 0.25) is 0 Å². The van der Waals surface area contributed by atoms with E-state index in [9.17, 15) is 0 Å². The number of hydrogen-bond donors (Lipinski definition) is 2. The van der Waals surface area contributed by atoms with Gasteiger partial charge in [0.05, 0.1) is 25.2 Å². The van der Waals surface area contributed by atoms with Gasteiger partial charge in [-0.25, -0.2) is 0 Å². The Bertz CT molecular complexity index is 923. The number of rotatable bonds is 9. The average Bonchev–Trinajstić information content (AvgIpc) is 2.69. The third kappa shape index (κ3) is 5.50. The van der Waals surface area contributed by atoms with Crippen LogP contribution in [0.15, 0.2) is 48.5 Å². The second-order valence-corrected chi connectivity index (χ2v) is 7.03.